The molecule has 0 saturated heterocycles. The number of amides is 2. The number of hydrogen-bond donors (Lipinski definition) is 2. The molecule has 10 heteroatoms. The molecule has 29 heavy (non-hydrogen) atoms. The van der Waals surface area contributed by atoms with Crippen LogP contribution in [0, 0.1) is 0 Å². The third-order valence-corrected chi connectivity index (χ3v) is 4.49. The lowest BCUT2D eigenvalue weighted by molar-refractivity contribution is -0.123. The van der Waals surface area contributed by atoms with Gasteiger partial charge in [0.15, 0.2) is 6.10 Å². The maximum atomic E-state index is 12.5. The number of thiophene rings is 1. The molecule has 9 nitrogen and oxygen atoms in total. The van der Waals surface area contributed by atoms with E-state index in [1.165, 1.54) is 31.5 Å². The van der Waals surface area contributed by atoms with Crippen molar-refractivity contribution in [3.63, 3.8) is 0 Å². The molecule has 3 N–H and O–H groups in total. The minimum atomic E-state index is -1.14. The van der Waals surface area contributed by atoms with Gasteiger partial charge in [0.2, 0.25) is 5.88 Å². The minimum absolute atomic E-state index is 0.0207. The van der Waals surface area contributed by atoms with Gasteiger partial charge in [-0.25, -0.2) is 9.78 Å². The number of anilines is 1. The highest BCUT2D eigenvalue weighted by molar-refractivity contribution is 7.14. The summed E-state index contributed by atoms with van der Waals surface area (Å²) in [6.45, 7) is 1.41. The molecule has 3 aromatic rings. The van der Waals surface area contributed by atoms with Gasteiger partial charge in [-0.3, -0.25) is 14.6 Å². The first kappa shape index (κ1) is 20.0. The SMILES string of the molecule is CC(OC(=O)c1cccnc1Oc1cccnc1)C(=O)Nc1sccc1C(N)=O. The second-order valence-electron chi connectivity index (χ2n) is 5.71. The predicted molar refractivity (Wildman–Crippen MR) is 105 cm³/mol. The van der Waals surface area contributed by atoms with Crippen LogP contribution in [0.5, 0.6) is 11.6 Å². The van der Waals surface area contributed by atoms with Crippen LogP contribution in [0.25, 0.3) is 0 Å². The van der Waals surface area contributed by atoms with E-state index >= 15 is 0 Å². The molecule has 0 saturated carbocycles. The van der Waals surface area contributed by atoms with Gasteiger partial charge in [0.1, 0.15) is 16.3 Å². The molecular weight excluding hydrogens is 396 g/mol. The number of carbonyl (C=O) groups is 3. The largest absolute Gasteiger partial charge is 0.449 e. The number of ether oxygens (including phenoxy) is 2. The summed E-state index contributed by atoms with van der Waals surface area (Å²) >= 11 is 1.13. The Morgan fingerprint density at radius 1 is 1.14 bits per heavy atom. The summed E-state index contributed by atoms with van der Waals surface area (Å²) in [6, 6.07) is 7.84. The van der Waals surface area contributed by atoms with E-state index in [-0.39, 0.29) is 22.0 Å². The fraction of sp³-hybridized carbons (Fsp3) is 0.105. The summed E-state index contributed by atoms with van der Waals surface area (Å²) in [5.74, 6) is -1.66. The quantitative estimate of drug-likeness (QED) is 0.570. The van der Waals surface area contributed by atoms with Gasteiger partial charge in [0.25, 0.3) is 11.8 Å². The number of esters is 1. The third-order valence-electron chi connectivity index (χ3n) is 3.66. The van der Waals surface area contributed by atoms with Crippen LogP contribution in [0.2, 0.25) is 0 Å². The normalized spacial score (nSPS) is 11.3. The van der Waals surface area contributed by atoms with E-state index in [1.54, 1.807) is 29.8 Å². The summed E-state index contributed by atoms with van der Waals surface area (Å²) in [4.78, 5) is 44.2. The number of carbonyl (C=O) groups excluding carboxylic acids is 3. The first-order chi connectivity index (χ1) is 14.0. The number of hydrogen-bond acceptors (Lipinski definition) is 8. The fourth-order valence-corrected chi connectivity index (χ4v) is 3.03. The number of primary amides is 1. The van der Waals surface area contributed by atoms with E-state index in [0.29, 0.717) is 5.75 Å². The van der Waals surface area contributed by atoms with Crippen molar-refractivity contribution >= 4 is 34.1 Å². The maximum absolute atomic E-state index is 12.5. The lowest BCUT2D eigenvalue weighted by Crippen LogP contribution is -2.30. The first-order valence-corrected chi connectivity index (χ1v) is 9.25. The molecule has 1 atom stereocenters. The van der Waals surface area contributed by atoms with Crippen molar-refractivity contribution in [2.75, 3.05) is 5.32 Å². The van der Waals surface area contributed by atoms with E-state index < -0.39 is 23.9 Å². The van der Waals surface area contributed by atoms with Crippen LogP contribution in [-0.4, -0.2) is 33.9 Å². The smallest absolute Gasteiger partial charge is 0.344 e. The Hall–Kier alpha value is -3.79. The molecular formula is C19H16N4O5S. The first-order valence-electron chi connectivity index (χ1n) is 8.37. The Balaban J connectivity index is 1.69. The van der Waals surface area contributed by atoms with Gasteiger partial charge < -0.3 is 20.5 Å². The van der Waals surface area contributed by atoms with Gasteiger partial charge >= 0.3 is 5.97 Å². The van der Waals surface area contributed by atoms with Crippen molar-refractivity contribution in [3.8, 4) is 11.6 Å². The molecule has 0 radical (unpaired) electrons. The third kappa shape index (κ3) is 4.93. The highest BCUT2D eigenvalue weighted by Gasteiger charge is 2.24. The van der Waals surface area contributed by atoms with Gasteiger partial charge in [-0.1, -0.05) is 0 Å². The lowest BCUT2D eigenvalue weighted by Gasteiger charge is -2.14. The molecule has 0 fully saturated rings. The monoisotopic (exact) mass is 412 g/mol. The average Bonchev–Trinajstić information content (AvgIpc) is 3.17. The molecule has 148 valence electrons. The summed E-state index contributed by atoms with van der Waals surface area (Å²) in [7, 11) is 0. The van der Waals surface area contributed by atoms with E-state index in [4.69, 9.17) is 15.2 Å². The summed E-state index contributed by atoms with van der Waals surface area (Å²) in [6.07, 6.45) is 3.37. The Morgan fingerprint density at radius 2 is 1.93 bits per heavy atom. The molecule has 0 aromatic carbocycles. The second kappa shape index (κ2) is 8.93. The molecule has 3 aromatic heterocycles. The highest BCUT2D eigenvalue weighted by atomic mass is 32.1. The summed E-state index contributed by atoms with van der Waals surface area (Å²) < 4.78 is 10.8. The van der Waals surface area contributed by atoms with Gasteiger partial charge in [0, 0.05) is 12.4 Å². The fourth-order valence-electron chi connectivity index (χ4n) is 2.24. The van der Waals surface area contributed by atoms with E-state index in [0.717, 1.165) is 11.3 Å². The molecule has 0 bridgehead atoms. The van der Waals surface area contributed by atoms with Gasteiger partial charge in [-0.15, -0.1) is 11.3 Å². The second-order valence-corrected chi connectivity index (χ2v) is 6.63. The van der Waals surface area contributed by atoms with Crippen molar-refractivity contribution in [1.82, 2.24) is 9.97 Å². The topological polar surface area (TPSA) is 134 Å². The lowest BCUT2D eigenvalue weighted by atomic mass is 10.2. The van der Waals surface area contributed by atoms with Crippen LogP contribution in [0.1, 0.15) is 27.6 Å². The van der Waals surface area contributed by atoms with Crippen molar-refractivity contribution < 1.29 is 23.9 Å². The van der Waals surface area contributed by atoms with Gasteiger partial charge in [-0.2, -0.15) is 0 Å². The van der Waals surface area contributed by atoms with Crippen molar-refractivity contribution in [3.05, 3.63) is 65.4 Å². The Morgan fingerprint density at radius 3 is 2.66 bits per heavy atom. The zero-order chi connectivity index (χ0) is 20.8. The molecule has 0 aliphatic carbocycles. The maximum Gasteiger partial charge on any atom is 0.344 e. The van der Waals surface area contributed by atoms with Crippen molar-refractivity contribution in [2.24, 2.45) is 5.73 Å². The molecule has 0 spiro atoms. The molecule has 0 aliphatic heterocycles. The minimum Gasteiger partial charge on any atom is -0.449 e. The van der Waals surface area contributed by atoms with Crippen molar-refractivity contribution in [1.29, 1.82) is 0 Å². The van der Waals surface area contributed by atoms with Crippen LogP contribution in [0.15, 0.2) is 54.3 Å². The van der Waals surface area contributed by atoms with Crippen LogP contribution in [-0.2, 0) is 9.53 Å². The van der Waals surface area contributed by atoms with Gasteiger partial charge in [0.05, 0.1) is 11.8 Å². The zero-order valence-electron chi connectivity index (χ0n) is 15.2. The number of nitrogens with zero attached hydrogens (tertiary/aromatic N) is 2. The summed E-state index contributed by atoms with van der Waals surface area (Å²) in [5, 5.41) is 4.43. The number of nitrogens with two attached hydrogens (primary N) is 1. The standard InChI is InChI=1S/C19H16N4O5S/c1-11(16(25)23-18-13(15(20)24)6-9-29-18)27-19(26)14-5-3-8-22-17(14)28-12-4-2-7-21-10-12/h2-11H,1H3,(H2,20,24)(H,23,25). The van der Waals surface area contributed by atoms with Crippen LogP contribution < -0.4 is 15.8 Å². The number of nitrogens with one attached hydrogen (secondary N) is 1. The van der Waals surface area contributed by atoms with E-state index in [2.05, 4.69) is 15.3 Å². The summed E-state index contributed by atoms with van der Waals surface area (Å²) in [5.41, 5.74) is 5.48. The number of pyridine rings is 2. The van der Waals surface area contributed by atoms with Crippen LogP contribution in [0.4, 0.5) is 5.00 Å². The average molecular weight is 412 g/mol. The molecule has 3 heterocycles. The van der Waals surface area contributed by atoms with E-state index in [1.807, 2.05) is 0 Å². The predicted octanol–water partition coefficient (Wildman–Crippen LogP) is 2.61. The highest BCUT2D eigenvalue weighted by Crippen LogP contribution is 2.24. The van der Waals surface area contributed by atoms with Gasteiger partial charge in [-0.05, 0) is 42.6 Å². The number of aromatic nitrogens is 2. The molecule has 1 unspecified atom stereocenters. The molecule has 2 amide bonds. The Kier molecular flexibility index (Phi) is 6.15. The van der Waals surface area contributed by atoms with Crippen molar-refractivity contribution in [2.45, 2.75) is 13.0 Å². The number of rotatable bonds is 7. The van der Waals surface area contributed by atoms with E-state index in [9.17, 15) is 14.4 Å². The zero-order valence-corrected chi connectivity index (χ0v) is 16.0. The molecule has 0 aliphatic rings. The Bertz CT molecular complexity index is 1040. The Labute approximate surface area is 169 Å². The van der Waals surface area contributed by atoms with Crippen LogP contribution >= 0.6 is 11.3 Å². The molecule has 3 rings (SSSR count). The van der Waals surface area contributed by atoms with Crippen LogP contribution in [0.3, 0.4) is 0 Å².